The number of Topliss-reactive ketones (excluding diaryl/α,β-unsaturated/α-hetero) is 1. The van der Waals surface area contributed by atoms with Gasteiger partial charge in [-0.25, -0.2) is 0 Å². The van der Waals surface area contributed by atoms with Gasteiger partial charge in [-0.05, 0) is 42.0 Å². The molecule has 0 aliphatic heterocycles. The molecule has 2 heteroatoms. The molecule has 2 aromatic rings. The van der Waals surface area contributed by atoms with E-state index >= 15 is 0 Å². The lowest BCUT2D eigenvalue weighted by molar-refractivity contribution is 0.101. The molecule has 0 radical (unpaired) electrons. The summed E-state index contributed by atoms with van der Waals surface area (Å²) in [7, 11) is 0. The van der Waals surface area contributed by atoms with E-state index in [1.807, 2.05) is 30.3 Å². The van der Waals surface area contributed by atoms with E-state index in [1.54, 1.807) is 13.0 Å². The number of hydrogen-bond acceptors (Lipinski definition) is 2. The van der Waals surface area contributed by atoms with Gasteiger partial charge in [0, 0.05) is 11.0 Å². The van der Waals surface area contributed by atoms with Crippen LogP contribution in [0.5, 0.6) is 5.75 Å². The lowest BCUT2D eigenvalue weighted by atomic mass is 9.77. The average molecular weight is 310 g/mol. The van der Waals surface area contributed by atoms with Crippen molar-refractivity contribution < 1.29 is 9.90 Å². The molecule has 0 aliphatic rings. The minimum Gasteiger partial charge on any atom is -0.508 e. The Morgan fingerprint density at radius 3 is 2.13 bits per heavy atom. The first-order valence-electron chi connectivity index (χ1n) is 8.15. The minimum atomic E-state index is -0.186. The van der Waals surface area contributed by atoms with Crippen molar-refractivity contribution in [2.75, 3.05) is 0 Å². The molecule has 0 saturated heterocycles. The second kappa shape index (κ2) is 6.57. The molecule has 2 nitrogen and oxygen atoms in total. The Morgan fingerprint density at radius 1 is 1.04 bits per heavy atom. The van der Waals surface area contributed by atoms with E-state index in [-0.39, 0.29) is 11.2 Å². The quantitative estimate of drug-likeness (QED) is 0.778. The topological polar surface area (TPSA) is 37.3 Å². The molecule has 0 unspecified atom stereocenters. The van der Waals surface area contributed by atoms with Gasteiger partial charge in [-0.2, -0.15) is 0 Å². The molecular formula is C21H26O2. The first kappa shape index (κ1) is 17.3. The SMILES string of the molecule is CC(=O)c1ccc(C(C)(C)c2ccc(O)c(CC(C)C)c2)cc1. The molecule has 0 aliphatic carbocycles. The van der Waals surface area contributed by atoms with Crippen molar-refractivity contribution >= 4 is 5.78 Å². The maximum atomic E-state index is 11.4. The number of carbonyl (C=O) groups is 1. The molecule has 0 atom stereocenters. The number of aromatic hydroxyl groups is 1. The lowest BCUT2D eigenvalue weighted by Crippen LogP contribution is -2.19. The summed E-state index contributed by atoms with van der Waals surface area (Å²) in [6, 6.07) is 13.7. The van der Waals surface area contributed by atoms with E-state index in [1.165, 1.54) is 5.56 Å². The van der Waals surface area contributed by atoms with Gasteiger partial charge in [0.1, 0.15) is 5.75 Å². The molecule has 0 bridgehead atoms. The summed E-state index contributed by atoms with van der Waals surface area (Å²) < 4.78 is 0. The highest BCUT2D eigenvalue weighted by Gasteiger charge is 2.24. The highest BCUT2D eigenvalue weighted by atomic mass is 16.3. The third kappa shape index (κ3) is 3.82. The van der Waals surface area contributed by atoms with Crippen LogP contribution in [0.2, 0.25) is 0 Å². The molecule has 23 heavy (non-hydrogen) atoms. The maximum Gasteiger partial charge on any atom is 0.159 e. The van der Waals surface area contributed by atoms with Crippen molar-refractivity contribution in [2.24, 2.45) is 5.92 Å². The van der Waals surface area contributed by atoms with E-state index in [2.05, 4.69) is 33.8 Å². The molecular weight excluding hydrogens is 284 g/mol. The average Bonchev–Trinajstić information content (AvgIpc) is 2.49. The summed E-state index contributed by atoms with van der Waals surface area (Å²) in [6.07, 6.45) is 0.860. The largest absolute Gasteiger partial charge is 0.508 e. The summed E-state index contributed by atoms with van der Waals surface area (Å²) in [5.41, 5.74) is 3.86. The van der Waals surface area contributed by atoms with Gasteiger partial charge in [0.25, 0.3) is 0 Å². The zero-order valence-electron chi connectivity index (χ0n) is 14.7. The maximum absolute atomic E-state index is 11.4. The minimum absolute atomic E-state index is 0.0817. The van der Waals surface area contributed by atoms with Crippen LogP contribution in [0.4, 0.5) is 0 Å². The van der Waals surface area contributed by atoms with Crippen LogP contribution in [-0.2, 0) is 11.8 Å². The summed E-state index contributed by atoms with van der Waals surface area (Å²) >= 11 is 0. The van der Waals surface area contributed by atoms with Crippen LogP contribution < -0.4 is 0 Å². The molecule has 0 spiro atoms. The number of phenolic OH excluding ortho intramolecular Hbond substituents is 1. The van der Waals surface area contributed by atoms with E-state index in [0.717, 1.165) is 23.1 Å². The van der Waals surface area contributed by atoms with Crippen molar-refractivity contribution in [3.8, 4) is 5.75 Å². The van der Waals surface area contributed by atoms with Gasteiger partial charge in [0.15, 0.2) is 5.78 Å². The fourth-order valence-electron chi connectivity index (χ4n) is 2.87. The Morgan fingerprint density at radius 2 is 1.61 bits per heavy atom. The first-order chi connectivity index (χ1) is 10.7. The first-order valence-corrected chi connectivity index (χ1v) is 8.15. The summed E-state index contributed by atoms with van der Waals surface area (Å²) in [5, 5.41) is 10.1. The highest BCUT2D eigenvalue weighted by Crippen LogP contribution is 2.34. The molecule has 0 aromatic heterocycles. The third-order valence-corrected chi connectivity index (χ3v) is 4.44. The molecule has 0 amide bonds. The summed E-state index contributed by atoms with van der Waals surface area (Å²) in [6.45, 7) is 10.2. The summed E-state index contributed by atoms with van der Waals surface area (Å²) in [4.78, 5) is 11.4. The highest BCUT2D eigenvalue weighted by molar-refractivity contribution is 5.94. The molecule has 0 saturated carbocycles. The number of hydrogen-bond donors (Lipinski definition) is 1. The zero-order valence-corrected chi connectivity index (χ0v) is 14.7. The van der Waals surface area contributed by atoms with Gasteiger partial charge in [0.05, 0.1) is 0 Å². The molecule has 0 heterocycles. The number of ketones is 1. The molecule has 1 N–H and O–H groups in total. The molecule has 2 rings (SSSR count). The Kier molecular flexibility index (Phi) is 4.93. The zero-order chi connectivity index (χ0) is 17.2. The van der Waals surface area contributed by atoms with Crippen LogP contribution in [0, 0.1) is 5.92 Å². The Bertz CT molecular complexity index is 694. The van der Waals surface area contributed by atoms with E-state index in [4.69, 9.17) is 0 Å². The van der Waals surface area contributed by atoms with Crippen molar-refractivity contribution in [1.82, 2.24) is 0 Å². The second-order valence-electron chi connectivity index (χ2n) is 7.20. The summed E-state index contributed by atoms with van der Waals surface area (Å²) in [5.74, 6) is 0.942. The van der Waals surface area contributed by atoms with Crippen LogP contribution in [0.15, 0.2) is 42.5 Å². The number of phenols is 1. The van der Waals surface area contributed by atoms with Crippen molar-refractivity contribution in [2.45, 2.75) is 46.5 Å². The van der Waals surface area contributed by atoms with Gasteiger partial charge < -0.3 is 5.11 Å². The molecule has 122 valence electrons. The molecule has 0 fully saturated rings. The van der Waals surface area contributed by atoms with Crippen LogP contribution in [0.1, 0.15) is 61.7 Å². The standard InChI is InChI=1S/C21H26O2/c1-14(2)12-17-13-19(10-11-20(17)23)21(4,5)18-8-6-16(7-9-18)15(3)22/h6-11,13-14,23H,12H2,1-5H3. The van der Waals surface area contributed by atoms with Gasteiger partial charge >= 0.3 is 0 Å². The molecule has 2 aromatic carbocycles. The Balaban J connectivity index is 2.40. The fraction of sp³-hybridized carbons (Fsp3) is 0.381. The Labute approximate surface area is 139 Å². The van der Waals surface area contributed by atoms with Crippen LogP contribution in [-0.4, -0.2) is 10.9 Å². The van der Waals surface area contributed by atoms with Crippen molar-refractivity contribution in [1.29, 1.82) is 0 Å². The smallest absolute Gasteiger partial charge is 0.159 e. The Hall–Kier alpha value is -2.09. The number of rotatable bonds is 5. The number of benzene rings is 2. The van der Waals surface area contributed by atoms with Crippen LogP contribution in [0.3, 0.4) is 0 Å². The van der Waals surface area contributed by atoms with E-state index in [9.17, 15) is 9.90 Å². The van der Waals surface area contributed by atoms with Crippen molar-refractivity contribution in [3.63, 3.8) is 0 Å². The van der Waals surface area contributed by atoms with E-state index in [0.29, 0.717) is 11.7 Å². The predicted molar refractivity (Wildman–Crippen MR) is 95.2 cm³/mol. The monoisotopic (exact) mass is 310 g/mol. The van der Waals surface area contributed by atoms with Gasteiger partial charge in [-0.1, -0.05) is 64.1 Å². The van der Waals surface area contributed by atoms with Gasteiger partial charge in [-0.3, -0.25) is 4.79 Å². The second-order valence-corrected chi connectivity index (χ2v) is 7.20. The normalized spacial score (nSPS) is 11.7. The van der Waals surface area contributed by atoms with E-state index < -0.39 is 0 Å². The lowest BCUT2D eigenvalue weighted by Gasteiger charge is -2.27. The van der Waals surface area contributed by atoms with Crippen LogP contribution in [0.25, 0.3) is 0 Å². The van der Waals surface area contributed by atoms with Gasteiger partial charge in [0.2, 0.25) is 0 Å². The number of carbonyl (C=O) groups excluding carboxylic acids is 1. The van der Waals surface area contributed by atoms with Crippen LogP contribution >= 0.6 is 0 Å². The van der Waals surface area contributed by atoms with Crippen molar-refractivity contribution in [3.05, 3.63) is 64.7 Å². The predicted octanol–water partition coefficient (Wildman–Crippen LogP) is 5.12. The fourth-order valence-corrected chi connectivity index (χ4v) is 2.87. The third-order valence-electron chi connectivity index (χ3n) is 4.44. The van der Waals surface area contributed by atoms with Gasteiger partial charge in [-0.15, -0.1) is 0 Å².